The minimum atomic E-state index is -1.43. The topological polar surface area (TPSA) is 9.23 Å². The molecule has 0 atom stereocenters. The van der Waals surface area contributed by atoms with Gasteiger partial charge in [-0.15, -0.1) is 0 Å². The van der Waals surface area contributed by atoms with Gasteiger partial charge < -0.3 is 4.43 Å². The highest BCUT2D eigenvalue weighted by Crippen LogP contribution is 2.09. The van der Waals surface area contributed by atoms with E-state index in [1.165, 1.54) is 0 Å². The Bertz CT molecular complexity index is 337. The van der Waals surface area contributed by atoms with Crippen LogP contribution in [0.4, 0.5) is 13.2 Å². The molecule has 0 aromatic heterocycles. The van der Waals surface area contributed by atoms with Gasteiger partial charge >= 0.3 is 0 Å². The monoisotopic (exact) mass is 234 g/mol. The molecule has 0 fully saturated rings. The third-order valence-corrected chi connectivity index (χ3v) is 3.47. The summed E-state index contributed by atoms with van der Waals surface area (Å²) < 4.78 is 43.7. The lowest BCUT2D eigenvalue weighted by Crippen LogP contribution is -2.29. The number of halogens is 3. The Morgan fingerprint density at radius 3 is 1.93 bits per heavy atom. The molecule has 1 rings (SSSR count). The fourth-order valence-electron chi connectivity index (χ4n) is 0.991. The molecule has 1 aromatic carbocycles. The van der Waals surface area contributed by atoms with Gasteiger partial charge in [0.25, 0.3) is 0 Å². The summed E-state index contributed by atoms with van der Waals surface area (Å²) in [5.41, 5.74) is -0.340. The van der Waals surface area contributed by atoms with E-state index in [4.69, 9.17) is 4.43 Å². The molecule has 1 aromatic rings. The molecule has 0 bridgehead atoms. The molecule has 5 heteroatoms. The van der Waals surface area contributed by atoms with Crippen LogP contribution in [0.25, 0.3) is 0 Å². The van der Waals surface area contributed by atoms with E-state index in [9.17, 15) is 13.2 Å². The Labute approximate surface area is 89.2 Å². The molecule has 0 aliphatic rings. The predicted octanol–water partition coefficient (Wildman–Crippen LogP) is 1.63. The summed E-state index contributed by atoms with van der Waals surface area (Å²) in [7, 11) is -1.22. The molecule has 0 saturated heterocycles. The highest BCUT2D eigenvalue weighted by Gasteiger charge is 2.14. The first-order valence-electron chi connectivity index (χ1n) is 4.57. The van der Waals surface area contributed by atoms with Crippen LogP contribution in [0.2, 0.25) is 0 Å². The van der Waals surface area contributed by atoms with E-state index in [0.717, 1.165) is 12.1 Å². The van der Waals surface area contributed by atoms with Crippen LogP contribution < -0.4 is 5.19 Å². The number of hydrogen-bond donors (Lipinski definition) is 0. The van der Waals surface area contributed by atoms with E-state index in [2.05, 4.69) is 0 Å². The molecule has 1 nitrogen and oxygen atoms in total. The lowest BCUT2D eigenvalue weighted by Gasteiger charge is -2.19. The molecule has 0 aliphatic carbocycles. The smallest absolute Gasteiger partial charge is 0.194 e. The average molecular weight is 234 g/mol. The molecule has 0 unspecified atom stereocenters. The first kappa shape index (κ1) is 12.3. The fraction of sp³-hybridized carbons (Fsp3) is 0.400. The standard InChI is InChI=1S/C10H13F3OSi/c1-10(2,3)14-15-6-4-7(11)9(13)8(12)5-6/h4-5H,15H2,1-3H3. The SMILES string of the molecule is CC(C)(C)O[SiH2]c1cc(F)c(F)c(F)c1. The summed E-state index contributed by atoms with van der Waals surface area (Å²) >= 11 is 0. The molecule has 0 radical (unpaired) electrons. The number of rotatable bonds is 2. The van der Waals surface area contributed by atoms with Crippen LogP contribution in [-0.2, 0) is 4.43 Å². The van der Waals surface area contributed by atoms with Gasteiger partial charge in [-0.2, -0.15) is 0 Å². The Morgan fingerprint density at radius 1 is 1.07 bits per heavy atom. The largest absolute Gasteiger partial charge is 0.414 e. The quantitative estimate of drug-likeness (QED) is 0.558. The molecule has 0 heterocycles. The Kier molecular flexibility index (Phi) is 3.57. The van der Waals surface area contributed by atoms with Crippen LogP contribution in [0.3, 0.4) is 0 Å². The second-order valence-corrected chi connectivity index (χ2v) is 5.67. The molecule has 0 aliphatic heterocycles. The average Bonchev–Trinajstić information content (AvgIpc) is 2.09. The minimum absolute atomic E-state index is 0.340. The molecule has 0 amide bonds. The van der Waals surface area contributed by atoms with Crippen LogP contribution in [0.15, 0.2) is 12.1 Å². The number of benzene rings is 1. The zero-order valence-corrected chi connectivity index (χ0v) is 10.3. The van der Waals surface area contributed by atoms with Crippen LogP contribution in [-0.4, -0.2) is 15.4 Å². The van der Waals surface area contributed by atoms with E-state index < -0.39 is 27.2 Å². The van der Waals surface area contributed by atoms with Crippen molar-refractivity contribution in [1.82, 2.24) is 0 Å². The first-order chi connectivity index (χ1) is 6.79. The Morgan fingerprint density at radius 2 is 1.53 bits per heavy atom. The van der Waals surface area contributed by atoms with E-state index in [0.29, 0.717) is 5.19 Å². The van der Waals surface area contributed by atoms with Gasteiger partial charge in [-0.3, -0.25) is 0 Å². The third kappa shape index (κ3) is 3.68. The second kappa shape index (κ2) is 4.36. The summed E-state index contributed by atoms with van der Waals surface area (Å²) in [6.07, 6.45) is 0. The molecular formula is C10H13F3OSi. The minimum Gasteiger partial charge on any atom is -0.414 e. The molecule has 0 spiro atoms. The van der Waals surface area contributed by atoms with Gasteiger partial charge in [-0.25, -0.2) is 13.2 Å². The van der Waals surface area contributed by atoms with E-state index in [-0.39, 0.29) is 5.60 Å². The Hall–Kier alpha value is -0.813. The lowest BCUT2D eigenvalue weighted by atomic mass is 10.2. The maximum atomic E-state index is 12.8. The van der Waals surface area contributed by atoms with Gasteiger partial charge in [0.15, 0.2) is 27.2 Å². The van der Waals surface area contributed by atoms with Crippen molar-refractivity contribution in [2.24, 2.45) is 0 Å². The molecule has 0 saturated carbocycles. The van der Waals surface area contributed by atoms with Crippen LogP contribution >= 0.6 is 0 Å². The van der Waals surface area contributed by atoms with E-state index in [1.54, 1.807) is 0 Å². The van der Waals surface area contributed by atoms with Gasteiger partial charge in [0.2, 0.25) is 0 Å². The summed E-state index contributed by atoms with van der Waals surface area (Å²) in [4.78, 5) is 0. The first-order valence-corrected chi connectivity index (χ1v) is 5.85. The summed E-state index contributed by atoms with van der Waals surface area (Å²) in [5.74, 6) is -3.74. The zero-order valence-electron chi connectivity index (χ0n) is 8.90. The van der Waals surface area contributed by atoms with Gasteiger partial charge in [-0.1, -0.05) is 0 Å². The van der Waals surface area contributed by atoms with Crippen molar-refractivity contribution in [2.45, 2.75) is 26.4 Å². The summed E-state index contributed by atoms with van der Waals surface area (Å²) in [6, 6.07) is 1.99. The third-order valence-electron chi connectivity index (χ3n) is 1.72. The molecular weight excluding hydrogens is 221 g/mol. The van der Waals surface area contributed by atoms with Crippen molar-refractivity contribution < 1.29 is 17.6 Å². The maximum Gasteiger partial charge on any atom is 0.194 e. The lowest BCUT2D eigenvalue weighted by molar-refractivity contribution is 0.141. The van der Waals surface area contributed by atoms with Gasteiger partial charge in [0, 0.05) is 5.60 Å². The van der Waals surface area contributed by atoms with Gasteiger partial charge in [0.1, 0.15) is 0 Å². The maximum absolute atomic E-state index is 12.8. The van der Waals surface area contributed by atoms with Gasteiger partial charge in [-0.05, 0) is 38.1 Å². The van der Waals surface area contributed by atoms with Crippen LogP contribution in [0, 0.1) is 17.5 Å². The highest BCUT2D eigenvalue weighted by molar-refractivity contribution is 6.47. The zero-order chi connectivity index (χ0) is 11.6. The predicted molar refractivity (Wildman–Crippen MR) is 55.3 cm³/mol. The van der Waals surface area contributed by atoms with Crippen LogP contribution in [0.5, 0.6) is 0 Å². The van der Waals surface area contributed by atoms with Crippen molar-refractivity contribution in [3.63, 3.8) is 0 Å². The van der Waals surface area contributed by atoms with E-state index in [1.807, 2.05) is 20.8 Å². The number of hydrogen-bond acceptors (Lipinski definition) is 1. The van der Waals surface area contributed by atoms with Crippen molar-refractivity contribution >= 4 is 14.9 Å². The van der Waals surface area contributed by atoms with E-state index >= 15 is 0 Å². The molecule has 15 heavy (non-hydrogen) atoms. The second-order valence-electron chi connectivity index (χ2n) is 4.27. The normalized spacial score (nSPS) is 12.7. The van der Waals surface area contributed by atoms with Crippen molar-refractivity contribution in [3.05, 3.63) is 29.6 Å². The van der Waals surface area contributed by atoms with Crippen molar-refractivity contribution in [2.75, 3.05) is 0 Å². The van der Waals surface area contributed by atoms with Crippen LogP contribution in [0.1, 0.15) is 20.8 Å². The van der Waals surface area contributed by atoms with Gasteiger partial charge in [0.05, 0.1) is 0 Å². The molecule has 84 valence electrons. The highest BCUT2D eigenvalue weighted by atomic mass is 28.2. The Balaban J connectivity index is 2.80. The summed E-state index contributed by atoms with van der Waals surface area (Å²) in [6.45, 7) is 5.57. The van der Waals surface area contributed by atoms with Crippen molar-refractivity contribution in [1.29, 1.82) is 0 Å². The fourth-order valence-corrected chi connectivity index (χ4v) is 2.12. The molecule has 0 N–H and O–H groups in total. The summed E-state index contributed by atoms with van der Waals surface area (Å²) in [5, 5.41) is 0.418. The van der Waals surface area contributed by atoms with Crippen molar-refractivity contribution in [3.8, 4) is 0 Å².